The topological polar surface area (TPSA) is 47.0 Å². The van der Waals surface area contributed by atoms with Crippen molar-refractivity contribution >= 4 is 5.82 Å². The lowest BCUT2D eigenvalue weighted by Crippen LogP contribution is -2.14. The van der Waals surface area contributed by atoms with Crippen LogP contribution in [0.15, 0.2) is 6.33 Å². The number of alkyl halides is 3. The van der Waals surface area contributed by atoms with Gasteiger partial charge in [0.1, 0.15) is 12.1 Å². The number of rotatable bonds is 6. The second-order valence-electron chi connectivity index (χ2n) is 3.79. The van der Waals surface area contributed by atoms with E-state index in [2.05, 4.69) is 15.3 Å². The van der Waals surface area contributed by atoms with Gasteiger partial charge in [-0.25, -0.2) is 9.97 Å². The molecule has 0 aliphatic carbocycles. The van der Waals surface area contributed by atoms with Crippen molar-refractivity contribution < 1.29 is 17.9 Å². The molecule has 0 atom stereocenters. The third kappa shape index (κ3) is 4.77. The smallest absolute Gasteiger partial charge is 0.392 e. The Kier molecular flexibility index (Phi) is 5.18. The average molecular weight is 263 g/mol. The lowest BCUT2D eigenvalue weighted by molar-refractivity contribution is -0.139. The zero-order valence-corrected chi connectivity index (χ0v) is 10.3. The maximum atomic E-state index is 12.0. The Bertz CT molecular complexity index is 382. The zero-order chi connectivity index (χ0) is 13.6. The van der Waals surface area contributed by atoms with Gasteiger partial charge in [0.05, 0.1) is 18.6 Å². The summed E-state index contributed by atoms with van der Waals surface area (Å²) in [5.41, 5.74) is 0.619. The molecule has 4 nitrogen and oxygen atoms in total. The highest BCUT2D eigenvalue weighted by Gasteiger charge is 2.27. The molecule has 0 unspecified atom stereocenters. The first-order valence-corrected chi connectivity index (χ1v) is 5.69. The van der Waals surface area contributed by atoms with E-state index in [0.717, 1.165) is 13.0 Å². The molecule has 1 aromatic heterocycles. The first-order chi connectivity index (χ1) is 8.44. The summed E-state index contributed by atoms with van der Waals surface area (Å²) in [7, 11) is 0. The van der Waals surface area contributed by atoms with Gasteiger partial charge in [-0.1, -0.05) is 6.92 Å². The van der Waals surface area contributed by atoms with E-state index in [9.17, 15) is 13.2 Å². The van der Waals surface area contributed by atoms with Crippen LogP contribution in [0.4, 0.5) is 19.0 Å². The quantitative estimate of drug-likeness (QED) is 0.857. The maximum absolute atomic E-state index is 12.0. The second kappa shape index (κ2) is 6.42. The van der Waals surface area contributed by atoms with Crippen molar-refractivity contribution in [2.45, 2.75) is 32.9 Å². The van der Waals surface area contributed by atoms with Crippen molar-refractivity contribution in [3.05, 3.63) is 11.9 Å². The Morgan fingerprint density at radius 1 is 1.33 bits per heavy atom. The molecule has 0 aliphatic heterocycles. The van der Waals surface area contributed by atoms with Crippen molar-refractivity contribution in [1.82, 2.24) is 9.97 Å². The van der Waals surface area contributed by atoms with E-state index in [-0.39, 0.29) is 5.88 Å². The monoisotopic (exact) mass is 263 g/mol. The fourth-order valence-electron chi connectivity index (χ4n) is 1.26. The summed E-state index contributed by atoms with van der Waals surface area (Å²) in [6.45, 7) is 4.01. The number of anilines is 1. The highest BCUT2D eigenvalue weighted by molar-refractivity contribution is 5.47. The maximum Gasteiger partial charge on any atom is 0.392 e. The Labute approximate surface area is 104 Å². The molecule has 0 aromatic carbocycles. The molecule has 0 bridgehead atoms. The number of aromatic nitrogens is 2. The molecule has 0 saturated heterocycles. The van der Waals surface area contributed by atoms with Crippen LogP contribution in [0.25, 0.3) is 0 Å². The second-order valence-corrected chi connectivity index (χ2v) is 3.79. The molecule has 18 heavy (non-hydrogen) atoms. The highest BCUT2D eigenvalue weighted by Crippen LogP contribution is 2.23. The summed E-state index contributed by atoms with van der Waals surface area (Å²) in [4.78, 5) is 7.83. The lowest BCUT2D eigenvalue weighted by atomic mass is 10.3. The van der Waals surface area contributed by atoms with Crippen LogP contribution < -0.4 is 10.1 Å². The zero-order valence-electron chi connectivity index (χ0n) is 10.3. The summed E-state index contributed by atoms with van der Waals surface area (Å²) in [5.74, 6) is 0.779. The number of ether oxygens (including phenoxy) is 1. The molecule has 0 saturated carbocycles. The number of halogens is 3. The molecule has 0 fully saturated rings. The van der Waals surface area contributed by atoms with Gasteiger partial charge < -0.3 is 10.1 Å². The van der Waals surface area contributed by atoms with Crippen LogP contribution in [-0.4, -0.2) is 29.3 Å². The molecule has 1 N–H and O–H groups in total. The van der Waals surface area contributed by atoms with E-state index in [0.29, 0.717) is 11.4 Å². The van der Waals surface area contributed by atoms with Crippen LogP contribution in [0.1, 0.15) is 25.3 Å². The van der Waals surface area contributed by atoms with E-state index in [4.69, 9.17) is 4.74 Å². The first-order valence-electron chi connectivity index (χ1n) is 5.69. The third-order valence-electron chi connectivity index (χ3n) is 2.20. The summed E-state index contributed by atoms with van der Waals surface area (Å²) in [6.07, 6.45) is -3.01. The number of nitrogens with zero attached hydrogens (tertiary/aromatic N) is 2. The van der Waals surface area contributed by atoms with Crippen LogP contribution in [0.2, 0.25) is 0 Å². The normalized spacial score (nSPS) is 11.4. The fraction of sp³-hybridized carbons (Fsp3) is 0.636. The predicted octanol–water partition coefficient (Wildman–Crippen LogP) is 2.94. The largest absolute Gasteiger partial charge is 0.477 e. The molecule has 0 amide bonds. The summed E-state index contributed by atoms with van der Waals surface area (Å²) >= 11 is 0. The van der Waals surface area contributed by atoms with Crippen LogP contribution in [-0.2, 0) is 0 Å². The van der Waals surface area contributed by atoms with Crippen LogP contribution in [0.5, 0.6) is 5.88 Å². The van der Waals surface area contributed by atoms with Crippen LogP contribution in [0, 0.1) is 6.92 Å². The summed E-state index contributed by atoms with van der Waals surface area (Å²) in [5, 5.41) is 3.06. The van der Waals surface area contributed by atoms with E-state index < -0.39 is 19.2 Å². The van der Waals surface area contributed by atoms with Crippen LogP contribution >= 0.6 is 0 Å². The van der Waals surface area contributed by atoms with Crippen molar-refractivity contribution in [2.75, 3.05) is 18.5 Å². The van der Waals surface area contributed by atoms with Crippen molar-refractivity contribution in [3.63, 3.8) is 0 Å². The first kappa shape index (κ1) is 14.5. The average Bonchev–Trinajstić information content (AvgIpc) is 2.28. The minimum atomic E-state index is -4.22. The molecule has 0 radical (unpaired) electrons. The summed E-state index contributed by atoms with van der Waals surface area (Å²) < 4.78 is 41.0. The SMILES string of the molecule is CCCNc1ncnc(OCCC(F)(F)F)c1C. The van der Waals surface area contributed by atoms with E-state index >= 15 is 0 Å². The fourth-order valence-corrected chi connectivity index (χ4v) is 1.26. The van der Waals surface area contributed by atoms with Gasteiger partial charge in [0, 0.05) is 6.54 Å². The Morgan fingerprint density at radius 2 is 2.06 bits per heavy atom. The van der Waals surface area contributed by atoms with Crippen LogP contribution in [0.3, 0.4) is 0 Å². The van der Waals surface area contributed by atoms with Gasteiger partial charge in [0.15, 0.2) is 0 Å². The molecule has 1 aromatic rings. The summed E-state index contributed by atoms with van der Waals surface area (Å²) in [6, 6.07) is 0. The Morgan fingerprint density at radius 3 is 2.67 bits per heavy atom. The molecule has 0 aliphatic rings. The molecule has 0 spiro atoms. The van der Waals surface area contributed by atoms with Crippen molar-refractivity contribution in [3.8, 4) is 5.88 Å². The molecular formula is C11H16F3N3O. The van der Waals surface area contributed by atoms with Gasteiger partial charge in [-0.05, 0) is 13.3 Å². The number of hydrogen-bond donors (Lipinski definition) is 1. The van der Waals surface area contributed by atoms with Gasteiger partial charge in [0.2, 0.25) is 5.88 Å². The minimum absolute atomic E-state index is 0.188. The number of nitrogens with one attached hydrogen (secondary N) is 1. The number of hydrogen-bond acceptors (Lipinski definition) is 4. The Balaban J connectivity index is 2.60. The van der Waals surface area contributed by atoms with Gasteiger partial charge >= 0.3 is 6.18 Å². The van der Waals surface area contributed by atoms with Gasteiger partial charge in [0.25, 0.3) is 0 Å². The molecule has 7 heteroatoms. The lowest BCUT2D eigenvalue weighted by Gasteiger charge is -2.12. The Hall–Kier alpha value is -1.53. The standard InChI is InChI=1S/C11H16F3N3O/c1-3-5-15-9-8(2)10(17-7-16-9)18-6-4-11(12,13)14/h7H,3-6H2,1-2H3,(H,15,16,17). The molecule has 102 valence electrons. The molecule has 1 rings (SSSR count). The third-order valence-corrected chi connectivity index (χ3v) is 2.20. The highest BCUT2D eigenvalue weighted by atomic mass is 19.4. The van der Waals surface area contributed by atoms with Gasteiger partial charge in [-0.3, -0.25) is 0 Å². The molecule has 1 heterocycles. The van der Waals surface area contributed by atoms with Gasteiger partial charge in [-0.2, -0.15) is 13.2 Å². The van der Waals surface area contributed by atoms with E-state index in [1.165, 1.54) is 6.33 Å². The van der Waals surface area contributed by atoms with E-state index in [1.807, 2.05) is 6.92 Å². The van der Waals surface area contributed by atoms with Gasteiger partial charge in [-0.15, -0.1) is 0 Å². The van der Waals surface area contributed by atoms with E-state index in [1.54, 1.807) is 6.92 Å². The van der Waals surface area contributed by atoms with Crippen molar-refractivity contribution in [2.24, 2.45) is 0 Å². The minimum Gasteiger partial charge on any atom is -0.477 e. The predicted molar refractivity (Wildman–Crippen MR) is 61.7 cm³/mol. The van der Waals surface area contributed by atoms with Crippen molar-refractivity contribution in [1.29, 1.82) is 0 Å². The molecular weight excluding hydrogens is 247 g/mol.